The van der Waals surface area contributed by atoms with Crippen LogP contribution in [0.4, 0.5) is 0 Å². The number of esters is 1. The van der Waals surface area contributed by atoms with Crippen molar-refractivity contribution < 1.29 is 24.5 Å². The van der Waals surface area contributed by atoms with Crippen LogP contribution in [0, 0.1) is 0 Å². The van der Waals surface area contributed by atoms with Gasteiger partial charge in [0.25, 0.3) is 0 Å². The van der Waals surface area contributed by atoms with E-state index in [1.807, 2.05) is 0 Å². The molecule has 0 spiro atoms. The zero-order valence-electron chi connectivity index (χ0n) is 45.6. The fourth-order valence-electron chi connectivity index (χ4n) is 9.25. The van der Waals surface area contributed by atoms with Crippen molar-refractivity contribution in [2.75, 3.05) is 13.2 Å². The number of unbranched alkanes of at least 4 members (excludes halogenated alkanes) is 39. The van der Waals surface area contributed by atoms with E-state index < -0.39 is 12.1 Å². The van der Waals surface area contributed by atoms with Gasteiger partial charge in [0.05, 0.1) is 25.4 Å². The first-order valence-electron chi connectivity index (χ1n) is 30.2. The first-order chi connectivity index (χ1) is 33.5. The third-order valence-corrected chi connectivity index (χ3v) is 13.9. The number of amides is 1. The third-order valence-electron chi connectivity index (χ3n) is 13.9. The normalized spacial score (nSPS) is 12.8. The summed E-state index contributed by atoms with van der Waals surface area (Å²) in [5, 5.41) is 23.3. The Morgan fingerprint density at radius 3 is 1.15 bits per heavy atom. The quantitative estimate of drug-likeness (QED) is 0.0321. The van der Waals surface area contributed by atoms with Gasteiger partial charge in [0.2, 0.25) is 5.91 Å². The molecule has 3 N–H and O–H groups in total. The van der Waals surface area contributed by atoms with Crippen molar-refractivity contribution in [3.63, 3.8) is 0 Å². The molecule has 0 aliphatic heterocycles. The predicted octanol–water partition coefficient (Wildman–Crippen LogP) is 18.8. The van der Waals surface area contributed by atoms with Crippen LogP contribution < -0.4 is 5.32 Å². The number of hydrogen-bond donors (Lipinski definition) is 3. The monoisotopic (exact) mass is 956 g/mol. The van der Waals surface area contributed by atoms with Gasteiger partial charge in [0.1, 0.15) is 0 Å². The van der Waals surface area contributed by atoms with Gasteiger partial charge in [-0.05, 0) is 83.5 Å². The maximum Gasteiger partial charge on any atom is 0.305 e. The van der Waals surface area contributed by atoms with Gasteiger partial charge in [-0.1, -0.05) is 262 Å². The van der Waals surface area contributed by atoms with Crippen LogP contribution in [0.25, 0.3) is 0 Å². The van der Waals surface area contributed by atoms with Gasteiger partial charge in [-0.2, -0.15) is 0 Å². The van der Waals surface area contributed by atoms with E-state index in [-0.39, 0.29) is 18.5 Å². The highest BCUT2D eigenvalue weighted by molar-refractivity contribution is 5.76. The number of hydrogen-bond acceptors (Lipinski definition) is 5. The molecule has 0 saturated heterocycles. The Kier molecular flexibility index (Phi) is 56.0. The van der Waals surface area contributed by atoms with Gasteiger partial charge in [-0.15, -0.1) is 0 Å². The minimum Gasteiger partial charge on any atom is -0.466 e. The van der Waals surface area contributed by atoms with Crippen molar-refractivity contribution in [3.05, 3.63) is 36.5 Å². The van der Waals surface area contributed by atoms with E-state index in [0.29, 0.717) is 25.9 Å². The molecule has 1 amide bonds. The molecule has 0 aliphatic rings. The number of allylic oxidation sites excluding steroid dienone is 6. The first kappa shape index (κ1) is 66.1. The minimum atomic E-state index is -0.676. The zero-order chi connectivity index (χ0) is 49.3. The average molecular weight is 957 g/mol. The maximum atomic E-state index is 12.5. The molecule has 0 saturated carbocycles. The molecule has 0 fully saturated rings. The number of aliphatic hydroxyl groups excluding tert-OH is 2. The average Bonchev–Trinajstić information content (AvgIpc) is 3.34. The highest BCUT2D eigenvalue weighted by Crippen LogP contribution is 2.17. The largest absolute Gasteiger partial charge is 0.466 e. The molecule has 0 aromatic heterocycles. The smallest absolute Gasteiger partial charge is 0.305 e. The van der Waals surface area contributed by atoms with Crippen LogP contribution >= 0.6 is 0 Å². The van der Waals surface area contributed by atoms with E-state index in [4.69, 9.17) is 4.74 Å². The van der Waals surface area contributed by atoms with Gasteiger partial charge in [0.15, 0.2) is 0 Å². The molecule has 6 heteroatoms. The van der Waals surface area contributed by atoms with Crippen LogP contribution in [0.5, 0.6) is 0 Å². The molecule has 0 radical (unpaired) electrons. The third kappa shape index (κ3) is 53.4. The molecular formula is C62H117NO5. The van der Waals surface area contributed by atoms with Crippen molar-refractivity contribution in [1.82, 2.24) is 5.32 Å². The van der Waals surface area contributed by atoms with Gasteiger partial charge in [-0.3, -0.25) is 9.59 Å². The van der Waals surface area contributed by atoms with Crippen LogP contribution in [0.3, 0.4) is 0 Å². The predicted molar refractivity (Wildman–Crippen MR) is 296 cm³/mol. The molecule has 0 bridgehead atoms. The Hall–Kier alpha value is -1.92. The molecule has 0 heterocycles. The lowest BCUT2D eigenvalue weighted by Gasteiger charge is -2.22. The van der Waals surface area contributed by atoms with E-state index in [9.17, 15) is 19.8 Å². The molecule has 0 aliphatic carbocycles. The lowest BCUT2D eigenvalue weighted by molar-refractivity contribution is -0.143. The molecule has 0 aromatic carbocycles. The topological polar surface area (TPSA) is 95.9 Å². The standard InChI is InChI=1S/C62H117NO5/c1-3-5-7-9-11-13-15-17-19-21-23-28-32-36-40-44-48-52-56-62(67)68-57-53-49-45-41-37-33-29-25-24-27-31-35-39-43-47-51-55-61(66)63-59(58-64)60(65)54-50-46-42-38-34-30-26-22-20-18-16-14-12-10-8-6-4-2/h13,15,19,21,24,27,59-60,64-65H,3-12,14,16-18,20,22-23,25-26,28-58H2,1-2H3,(H,63,66)/b15-13-,21-19-,27-24-. The summed E-state index contributed by atoms with van der Waals surface area (Å²) >= 11 is 0. The number of carbonyl (C=O) groups is 2. The molecule has 2 unspecified atom stereocenters. The Balaban J connectivity index is 3.46. The van der Waals surface area contributed by atoms with Crippen molar-refractivity contribution in [3.8, 4) is 0 Å². The maximum absolute atomic E-state index is 12.5. The summed E-state index contributed by atoms with van der Waals surface area (Å²) in [4.78, 5) is 24.6. The zero-order valence-corrected chi connectivity index (χ0v) is 45.6. The Morgan fingerprint density at radius 1 is 0.412 bits per heavy atom. The Bertz CT molecular complexity index is 1100. The number of ether oxygens (including phenoxy) is 1. The molecule has 68 heavy (non-hydrogen) atoms. The summed E-state index contributed by atoms with van der Waals surface area (Å²) in [6.45, 7) is 4.92. The van der Waals surface area contributed by atoms with Crippen molar-refractivity contribution in [2.45, 2.75) is 334 Å². The summed E-state index contributed by atoms with van der Waals surface area (Å²) < 4.78 is 5.48. The minimum absolute atomic E-state index is 0.00992. The highest BCUT2D eigenvalue weighted by Gasteiger charge is 2.20. The van der Waals surface area contributed by atoms with Crippen molar-refractivity contribution in [2.24, 2.45) is 0 Å². The van der Waals surface area contributed by atoms with Crippen LogP contribution in [-0.2, 0) is 14.3 Å². The number of aliphatic hydroxyl groups is 2. The molecule has 2 atom stereocenters. The van der Waals surface area contributed by atoms with E-state index in [1.165, 1.54) is 218 Å². The SMILES string of the molecule is CCCCCC/C=C\C/C=C\CCCCCCCCCC(=O)OCCCCCCCCC/C=C\CCCCCCCC(=O)NC(CO)C(O)CCCCCCCCCCCCCCCCCCC. The van der Waals surface area contributed by atoms with E-state index >= 15 is 0 Å². The molecular weight excluding hydrogens is 839 g/mol. The van der Waals surface area contributed by atoms with Crippen molar-refractivity contribution >= 4 is 11.9 Å². The first-order valence-corrected chi connectivity index (χ1v) is 30.2. The second kappa shape index (κ2) is 57.7. The van der Waals surface area contributed by atoms with E-state index in [1.54, 1.807) is 0 Å². The van der Waals surface area contributed by atoms with Gasteiger partial charge in [-0.25, -0.2) is 0 Å². The summed E-state index contributed by atoms with van der Waals surface area (Å²) in [5.41, 5.74) is 0. The molecule has 6 nitrogen and oxygen atoms in total. The second-order valence-corrected chi connectivity index (χ2v) is 20.7. The summed E-state index contributed by atoms with van der Waals surface area (Å²) in [6.07, 6.45) is 71.3. The van der Waals surface area contributed by atoms with E-state index in [2.05, 4.69) is 55.6 Å². The summed E-state index contributed by atoms with van der Waals surface area (Å²) in [7, 11) is 0. The van der Waals surface area contributed by atoms with Crippen molar-refractivity contribution in [1.29, 1.82) is 0 Å². The van der Waals surface area contributed by atoms with E-state index in [0.717, 1.165) is 70.6 Å². The molecule has 0 aromatic rings. The van der Waals surface area contributed by atoms with Crippen LogP contribution in [0.1, 0.15) is 322 Å². The Morgan fingerprint density at radius 2 is 0.735 bits per heavy atom. The summed E-state index contributed by atoms with van der Waals surface area (Å²) in [6, 6.07) is -0.555. The second-order valence-electron chi connectivity index (χ2n) is 20.7. The highest BCUT2D eigenvalue weighted by atomic mass is 16.5. The lowest BCUT2D eigenvalue weighted by Crippen LogP contribution is -2.45. The number of carbonyl (C=O) groups excluding carboxylic acids is 2. The Labute approximate surface area is 424 Å². The molecule has 0 rings (SSSR count). The fraction of sp³-hybridized carbons (Fsp3) is 0.871. The van der Waals surface area contributed by atoms with Crippen LogP contribution in [-0.4, -0.2) is 47.4 Å². The fourth-order valence-corrected chi connectivity index (χ4v) is 9.25. The summed E-state index contributed by atoms with van der Waals surface area (Å²) in [5.74, 6) is -0.0607. The lowest BCUT2D eigenvalue weighted by atomic mass is 10.0. The number of rotatable bonds is 56. The van der Waals surface area contributed by atoms with Gasteiger partial charge in [0, 0.05) is 12.8 Å². The van der Waals surface area contributed by atoms with Crippen LogP contribution in [0.2, 0.25) is 0 Å². The number of nitrogens with one attached hydrogen (secondary N) is 1. The van der Waals surface area contributed by atoms with Crippen LogP contribution in [0.15, 0.2) is 36.5 Å². The van der Waals surface area contributed by atoms with Gasteiger partial charge < -0.3 is 20.3 Å². The van der Waals surface area contributed by atoms with Gasteiger partial charge >= 0.3 is 5.97 Å². The molecule has 400 valence electrons.